The molecule has 1 heterocycles. The molecule has 1 aromatic rings. The van der Waals surface area contributed by atoms with Gasteiger partial charge in [-0.1, -0.05) is 12.1 Å². The molecule has 1 atom stereocenters. The van der Waals surface area contributed by atoms with Crippen molar-refractivity contribution in [2.45, 2.75) is 31.7 Å². The molecule has 0 amide bonds. The van der Waals surface area contributed by atoms with Crippen molar-refractivity contribution in [1.29, 1.82) is 0 Å². The predicted octanol–water partition coefficient (Wildman–Crippen LogP) is 2.65. The van der Waals surface area contributed by atoms with Gasteiger partial charge in [0, 0.05) is 6.04 Å². The molecule has 1 fully saturated rings. The normalized spacial score (nSPS) is 20.8. The van der Waals surface area contributed by atoms with Gasteiger partial charge in [-0.2, -0.15) is 0 Å². The highest BCUT2D eigenvalue weighted by molar-refractivity contribution is 5.19. The van der Waals surface area contributed by atoms with Gasteiger partial charge in [-0.15, -0.1) is 0 Å². The van der Waals surface area contributed by atoms with Crippen molar-refractivity contribution in [3.05, 3.63) is 35.4 Å². The number of hydrogen-bond acceptors (Lipinski definition) is 1. The first kappa shape index (κ1) is 10.6. The SMILES string of the molecule is Fc1cccc(CCC2CCCN2)c1F. The first-order valence-corrected chi connectivity index (χ1v) is 5.43. The van der Waals surface area contributed by atoms with Crippen LogP contribution >= 0.6 is 0 Å². The van der Waals surface area contributed by atoms with Crippen LogP contribution in [-0.4, -0.2) is 12.6 Å². The molecule has 1 aliphatic heterocycles. The highest BCUT2D eigenvalue weighted by Gasteiger charge is 2.15. The summed E-state index contributed by atoms with van der Waals surface area (Å²) in [6, 6.07) is 4.86. The fraction of sp³-hybridized carbons (Fsp3) is 0.500. The second-order valence-electron chi connectivity index (χ2n) is 4.04. The third kappa shape index (κ3) is 2.53. The van der Waals surface area contributed by atoms with Crippen molar-refractivity contribution in [3.8, 4) is 0 Å². The molecule has 0 bridgehead atoms. The Bertz CT molecular complexity index is 332. The van der Waals surface area contributed by atoms with Crippen LogP contribution in [0.5, 0.6) is 0 Å². The van der Waals surface area contributed by atoms with Gasteiger partial charge < -0.3 is 5.32 Å². The Labute approximate surface area is 88.5 Å². The number of rotatable bonds is 3. The van der Waals surface area contributed by atoms with Gasteiger partial charge in [0.05, 0.1) is 0 Å². The van der Waals surface area contributed by atoms with E-state index in [1.807, 2.05) is 0 Å². The quantitative estimate of drug-likeness (QED) is 0.810. The van der Waals surface area contributed by atoms with Gasteiger partial charge in [-0.3, -0.25) is 0 Å². The van der Waals surface area contributed by atoms with Crippen molar-refractivity contribution >= 4 is 0 Å². The maximum Gasteiger partial charge on any atom is 0.162 e. The van der Waals surface area contributed by atoms with Crippen LogP contribution in [0.1, 0.15) is 24.8 Å². The fourth-order valence-corrected chi connectivity index (χ4v) is 2.07. The number of nitrogens with one attached hydrogen (secondary N) is 1. The van der Waals surface area contributed by atoms with Crippen molar-refractivity contribution in [3.63, 3.8) is 0 Å². The van der Waals surface area contributed by atoms with Gasteiger partial charge in [0.2, 0.25) is 0 Å². The molecule has 82 valence electrons. The lowest BCUT2D eigenvalue weighted by atomic mass is 10.0. The smallest absolute Gasteiger partial charge is 0.162 e. The number of benzene rings is 1. The largest absolute Gasteiger partial charge is 0.314 e. The Balaban J connectivity index is 1.95. The molecule has 2 rings (SSSR count). The first-order valence-electron chi connectivity index (χ1n) is 5.43. The van der Waals surface area contributed by atoms with Crippen molar-refractivity contribution in [2.75, 3.05) is 6.54 Å². The minimum atomic E-state index is -0.744. The zero-order chi connectivity index (χ0) is 10.7. The lowest BCUT2D eigenvalue weighted by molar-refractivity contribution is 0.488. The van der Waals surface area contributed by atoms with Gasteiger partial charge >= 0.3 is 0 Å². The van der Waals surface area contributed by atoms with Crippen LogP contribution in [0.3, 0.4) is 0 Å². The molecule has 0 radical (unpaired) electrons. The maximum atomic E-state index is 13.3. The van der Waals surface area contributed by atoms with Crippen molar-refractivity contribution < 1.29 is 8.78 Å². The Morgan fingerprint density at radius 3 is 2.93 bits per heavy atom. The van der Waals surface area contributed by atoms with Crippen LogP contribution in [0, 0.1) is 11.6 Å². The lowest BCUT2D eigenvalue weighted by Gasteiger charge is -2.10. The second kappa shape index (κ2) is 4.71. The van der Waals surface area contributed by atoms with Crippen LogP contribution in [0.2, 0.25) is 0 Å². The summed E-state index contributed by atoms with van der Waals surface area (Å²) in [6.07, 6.45) is 3.84. The third-order valence-electron chi connectivity index (χ3n) is 2.96. The van der Waals surface area contributed by atoms with Gasteiger partial charge in [-0.05, 0) is 43.9 Å². The van der Waals surface area contributed by atoms with E-state index in [1.165, 1.54) is 6.42 Å². The molecule has 0 saturated carbocycles. The van der Waals surface area contributed by atoms with Gasteiger partial charge in [0.25, 0.3) is 0 Å². The van der Waals surface area contributed by atoms with Crippen molar-refractivity contribution in [1.82, 2.24) is 5.32 Å². The number of hydrogen-bond donors (Lipinski definition) is 1. The summed E-state index contributed by atoms with van der Waals surface area (Å²) < 4.78 is 26.2. The van der Waals surface area contributed by atoms with Gasteiger partial charge in [0.15, 0.2) is 11.6 Å². The molecule has 0 spiro atoms. The van der Waals surface area contributed by atoms with Crippen molar-refractivity contribution in [2.24, 2.45) is 0 Å². The summed E-state index contributed by atoms with van der Waals surface area (Å²) in [7, 11) is 0. The zero-order valence-corrected chi connectivity index (χ0v) is 8.60. The van der Waals surface area contributed by atoms with Crippen LogP contribution in [0.25, 0.3) is 0 Å². The molecule has 0 aliphatic carbocycles. The molecule has 1 N–H and O–H groups in total. The Kier molecular flexibility index (Phi) is 3.31. The summed E-state index contributed by atoms with van der Waals surface area (Å²) >= 11 is 0. The third-order valence-corrected chi connectivity index (χ3v) is 2.96. The van der Waals surface area contributed by atoms with Crippen LogP contribution in [0.4, 0.5) is 8.78 Å². The van der Waals surface area contributed by atoms with Crippen LogP contribution in [0.15, 0.2) is 18.2 Å². The monoisotopic (exact) mass is 211 g/mol. The van der Waals surface area contributed by atoms with E-state index in [4.69, 9.17) is 0 Å². The van der Waals surface area contributed by atoms with E-state index < -0.39 is 11.6 Å². The molecule has 3 heteroatoms. The van der Waals surface area contributed by atoms with Crippen LogP contribution < -0.4 is 5.32 Å². The van der Waals surface area contributed by atoms with E-state index >= 15 is 0 Å². The molecular weight excluding hydrogens is 196 g/mol. The van der Waals surface area contributed by atoms with Gasteiger partial charge in [-0.25, -0.2) is 8.78 Å². The molecule has 1 nitrogen and oxygen atoms in total. The van der Waals surface area contributed by atoms with E-state index in [0.29, 0.717) is 18.0 Å². The maximum absolute atomic E-state index is 13.3. The minimum absolute atomic E-state index is 0.479. The van der Waals surface area contributed by atoms with E-state index in [1.54, 1.807) is 12.1 Å². The average Bonchev–Trinajstić information content (AvgIpc) is 2.73. The highest BCUT2D eigenvalue weighted by Crippen LogP contribution is 2.16. The Morgan fingerprint density at radius 2 is 2.20 bits per heavy atom. The highest BCUT2D eigenvalue weighted by atomic mass is 19.2. The molecule has 1 unspecified atom stereocenters. The summed E-state index contributed by atoms with van der Waals surface area (Å²) in [5, 5.41) is 3.34. The fourth-order valence-electron chi connectivity index (χ4n) is 2.07. The molecule has 0 aromatic heterocycles. The Hall–Kier alpha value is -0.960. The molecule has 1 aliphatic rings. The standard InChI is InChI=1S/C12H15F2N/c13-11-5-1-3-9(12(11)14)6-7-10-4-2-8-15-10/h1,3,5,10,15H,2,4,6-8H2. The topological polar surface area (TPSA) is 12.0 Å². The predicted molar refractivity (Wildman–Crippen MR) is 55.7 cm³/mol. The summed E-state index contributed by atoms with van der Waals surface area (Å²) in [5.74, 6) is -1.43. The minimum Gasteiger partial charge on any atom is -0.314 e. The zero-order valence-electron chi connectivity index (χ0n) is 8.60. The van der Waals surface area contributed by atoms with E-state index in [-0.39, 0.29) is 0 Å². The van der Waals surface area contributed by atoms with E-state index in [9.17, 15) is 8.78 Å². The number of aryl methyl sites for hydroxylation is 1. The van der Waals surface area contributed by atoms with E-state index in [0.717, 1.165) is 25.5 Å². The summed E-state index contributed by atoms with van der Waals surface area (Å²) in [5.41, 5.74) is 0.490. The average molecular weight is 211 g/mol. The lowest BCUT2D eigenvalue weighted by Crippen LogP contribution is -2.21. The molecule has 1 saturated heterocycles. The van der Waals surface area contributed by atoms with Crippen LogP contribution in [-0.2, 0) is 6.42 Å². The summed E-state index contributed by atoms with van der Waals surface area (Å²) in [4.78, 5) is 0. The van der Waals surface area contributed by atoms with Gasteiger partial charge in [0.1, 0.15) is 0 Å². The van der Waals surface area contributed by atoms with E-state index in [2.05, 4.69) is 5.32 Å². The second-order valence-corrected chi connectivity index (χ2v) is 4.04. The number of halogens is 2. The molecule has 1 aromatic carbocycles. The molecular formula is C12H15F2N. The Morgan fingerprint density at radius 1 is 1.33 bits per heavy atom. The first-order chi connectivity index (χ1) is 7.27. The molecule has 15 heavy (non-hydrogen) atoms. The summed E-state index contributed by atoms with van der Waals surface area (Å²) in [6.45, 7) is 1.05.